The summed E-state index contributed by atoms with van der Waals surface area (Å²) in [6.07, 6.45) is 0.445. The van der Waals surface area contributed by atoms with Gasteiger partial charge in [-0.2, -0.15) is 4.98 Å². The van der Waals surface area contributed by atoms with Gasteiger partial charge in [-0.25, -0.2) is 0 Å². The Bertz CT molecular complexity index is 866. The number of rotatable bonds is 6. The van der Waals surface area contributed by atoms with E-state index in [2.05, 4.69) is 15.5 Å². The molecule has 0 bridgehead atoms. The number of carbonyl (C=O) groups is 1. The van der Waals surface area contributed by atoms with E-state index in [9.17, 15) is 4.79 Å². The first-order valence-electron chi connectivity index (χ1n) is 7.67. The fourth-order valence-corrected chi connectivity index (χ4v) is 2.49. The van der Waals surface area contributed by atoms with Crippen LogP contribution in [0, 0.1) is 13.8 Å². The van der Waals surface area contributed by atoms with Crippen LogP contribution >= 0.6 is 0 Å². The molecule has 0 aliphatic heterocycles. The molecule has 1 N–H and O–H groups in total. The maximum absolute atomic E-state index is 12.3. The zero-order valence-electron chi connectivity index (χ0n) is 13.9. The molecule has 1 amide bonds. The standard InChI is InChI=1S/C17H19N3O4/c1-10-4-5-12-11(2)16(23-13(12)8-10)17(21)18-7-6-15-19-14(9-22-3)20-24-15/h4-5,8H,6-7,9H2,1-3H3,(H,18,21). The SMILES string of the molecule is COCc1noc(CCNC(=O)c2oc3cc(C)ccc3c2C)n1. The van der Waals surface area contributed by atoms with Gasteiger partial charge < -0.3 is 19.0 Å². The van der Waals surface area contributed by atoms with Gasteiger partial charge in [0.05, 0.1) is 0 Å². The molecule has 0 fully saturated rings. The third kappa shape index (κ3) is 3.30. The molecule has 2 heterocycles. The van der Waals surface area contributed by atoms with Gasteiger partial charge in [0.15, 0.2) is 11.6 Å². The van der Waals surface area contributed by atoms with Gasteiger partial charge in [0.2, 0.25) is 5.89 Å². The number of aromatic nitrogens is 2. The zero-order valence-corrected chi connectivity index (χ0v) is 13.9. The van der Waals surface area contributed by atoms with Crippen LogP contribution in [-0.2, 0) is 17.8 Å². The second-order valence-electron chi connectivity index (χ2n) is 5.60. The number of fused-ring (bicyclic) bond motifs is 1. The van der Waals surface area contributed by atoms with Crippen molar-refractivity contribution in [2.45, 2.75) is 26.9 Å². The van der Waals surface area contributed by atoms with Crippen LogP contribution in [0.4, 0.5) is 0 Å². The van der Waals surface area contributed by atoms with E-state index in [1.54, 1.807) is 7.11 Å². The first-order valence-corrected chi connectivity index (χ1v) is 7.67. The number of nitrogens with zero attached hydrogens (tertiary/aromatic N) is 2. The lowest BCUT2D eigenvalue weighted by Crippen LogP contribution is -2.25. The van der Waals surface area contributed by atoms with E-state index in [1.807, 2.05) is 32.0 Å². The first-order chi connectivity index (χ1) is 11.6. The van der Waals surface area contributed by atoms with Crippen LogP contribution in [0.3, 0.4) is 0 Å². The lowest BCUT2D eigenvalue weighted by Gasteiger charge is -2.01. The van der Waals surface area contributed by atoms with Gasteiger partial charge in [-0.05, 0) is 25.5 Å². The number of hydrogen-bond donors (Lipinski definition) is 1. The summed E-state index contributed by atoms with van der Waals surface area (Å²) in [4.78, 5) is 16.5. The minimum atomic E-state index is -0.252. The average molecular weight is 329 g/mol. The lowest BCUT2D eigenvalue weighted by molar-refractivity contribution is 0.0927. The van der Waals surface area contributed by atoms with Gasteiger partial charge in [0, 0.05) is 31.0 Å². The summed E-state index contributed by atoms with van der Waals surface area (Å²) < 4.78 is 15.7. The minimum absolute atomic E-state index is 0.252. The molecule has 1 aromatic carbocycles. The Balaban J connectivity index is 1.63. The van der Waals surface area contributed by atoms with E-state index in [1.165, 1.54) is 0 Å². The molecule has 24 heavy (non-hydrogen) atoms. The van der Waals surface area contributed by atoms with Crippen LogP contribution in [0.1, 0.15) is 33.4 Å². The largest absolute Gasteiger partial charge is 0.451 e. The van der Waals surface area contributed by atoms with Crippen LogP contribution in [-0.4, -0.2) is 29.7 Å². The van der Waals surface area contributed by atoms with Crippen molar-refractivity contribution in [3.63, 3.8) is 0 Å². The molecule has 3 aromatic rings. The van der Waals surface area contributed by atoms with Crippen molar-refractivity contribution >= 4 is 16.9 Å². The number of carbonyl (C=O) groups excluding carboxylic acids is 1. The summed E-state index contributed by atoms with van der Waals surface area (Å²) in [5, 5.41) is 7.53. The highest BCUT2D eigenvalue weighted by Crippen LogP contribution is 2.25. The molecule has 7 nitrogen and oxygen atoms in total. The number of benzene rings is 1. The predicted octanol–water partition coefficient (Wildman–Crippen LogP) is 2.55. The molecule has 0 radical (unpaired) electrons. The summed E-state index contributed by atoms with van der Waals surface area (Å²) in [6, 6.07) is 5.89. The van der Waals surface area contributed by atoms with Crippen molar-refractivity contribution in [2.24, 2.45) is 0 Å². The quantitative estimate of drug-likeness (QED) is 0.747. The summed E-state index contributed by atoms with van der Waals surface area (Å²) in [6.45, 7) is 4.54. The smallest absolute Gasteiger partial charge is 0.287 e. The van der Waals surface area contributed by atoms with E-state index >= 15 is 0 Å². The molecule has 0 aliphatic rings. The zero-order chi connectivity index (χ0) is 17.1. The Morgan fingerprint density at radius 1 is 1.33 bits per heavy atom. The van der Waals surface area contributed by atoms with Gasteiger partial charge in [0.25, 0.3) is 5.91 Å². The average Bonchev–Trinajstić information content (AvgIpc) is 3.12. The van der Waals surface area contributed by atoms with Crippen molar-refractivity contribution < 1.29 is 18.5 Å². The van der Waals surface area contributed by atoms with Crippen molar-refractivity contribution in [3.8, 4) is 0 Å². The fraction of sp³-hybridized carbons (Fsp3) is 0.353. The van der Waals surface area contributed by atoms with Crippen molar-refractivity contribution in [2.75, 3.05) is 13.7 Å². The van der Waals surface area contributed by atoms with Crippen LogP contribution < -0.4 is 5.32 Å². The third-order valence-corrected chi connectivity index (χ3v) is 3.71. The van der Waals surface area contributed by atoms with Gasteiger partial charge in [-0.3, -0.25) is 4.79 Å². The van der Waals surface area contributed by atoms with Gasteiger partial charge in [0.1, 0.15) is 12.2 Å². The molecule has 0 spiro atoms. The molecule has 3 rings (SSSR count). The summed E-state index contributed by atoms with van der Waals surface area (Å²) >= 11 is 0. The van der Waals surface area contributed by atoms with Crippen LogP contribution in [0.5, 0.6) is 0 Å². The highest BCUT2D eigenvalue weighted by Gasteiger charge is 2.17. The third-order valence-electron chi connectivity index (χ3n) is 3.71. The van der Waals surface area contributed by atoms with E-state index in [-0.39, 0.29) is 5.91 Å². The van der Waals surface area contributed by atoms with Crippen LogP contribution in [0.25, 0.3) is 11.0 Å². The predicted molar refractivity (Wildman–Crippen MR) is 86.7 cm³/mol. The topological polar surface area (TPSA) is 90.4 Å². The summed E-state index contributed by atoms with van der Waals surface area (Å²) in [7, 11) is 1.56. The van der Waals surface area contributed by atoms with E-state index in [0.29, 0.717) is 37.0 Å². The Labute approximate surface area is 139 Å². The molecule has 7 heteroatoms. The number of hydrogen-bond acceptors (Lipinski definition) is 6. The molecular formula is C17H19N3O4. The van der Waals surface area contributed by atoms with E-state index in [4.69, 9.17) is 13.7 Å². The molecular weight excluding hydrogens is 310 g/mol. The van der Waals surface area contributed by atoms with Crippen LogP contribution in [0.15, 0.2) is 27.1 Å². The summed E-state index contributed by atoms with van der Waals surface area (Å²) in [5.41, 5.74) is 2.65. The minimum Gasteiger partial charge on any atom is -0.451 e. The number of methoxy groups -OCH3 is 1. The van der Waals surface area contributed by atoms with Crippen molar-refractivity contribution in [3.05, 3.63) is 46.8 Å². The van der Waals surface area contributed by atoms with E-state index in [0.717, 1.165) is 22.1 Å². The maximum Gasteiger partial charge on any atom is 0.287 e. The maximum atomic E-state index is 12.3. The number of aryl methyl sites for hydroxylation is 2. The fourth-order valence-electron chi connectivity index (χ4n) is 2.49. The highest BCUT2D eigenvalue weighted by molar-refractivity contribution is 5.99. The Hall–Kier alpha value is -2.67. The Morgan fingerprint density at radius 3 is 2.96 bits per heavy atom. The van der Waals surface area contributed by atoms with E-state index < -0.39 is 0 Å². The van der Waals surface area contributed by atoms with Crippen molar-refractivity contribution in [1.29, 1.82) is 0 Å². The van der Waals surface area contributed by atoms with Gasteiger partial charge in [-0.1, -0.05) is 17.3 Å². The normalized spacial score (nSPS) is 11.1. The summed E-state index contributed by atoms with van der Waals surface area (Å²) in [5.74, 6) is 1.03. The molecule has 0 atom stereocenters. The molecule has 0 saturated heterocycles. The Morgan fingerprint density at radius 2 is 2.17 bits per heavy atom. The van der Waals surface area contributed by atoms with Crippen LogP contribution in [0.2, 0.25) is 0 Å². The molecule has 0 unspecified atom stereocenters. The number of amides is 1. The molecule has 126 valence electrons. The number of furan rings is 1. The van der Waals surface area contributed by atoms with Gasteiger partial charge >= 0.3 is 0 Å². The monoisotopic (exact) mass is 329 g/mol. The lowest BCUT2D eigenvalue weighted by atomic mass is 10.1. The molecule has 0 saturated carbocycles. The second-order valence-corrected chi connectivity index (χ2v) is 5.60. The highest BCUT2D eigenvalue weighted by atomic mass is 16.5. The van der Waals surface area contributed by atoms with Gasteiger partial charge in [-0.15, -0.1) is 0 Å². The first kappa shape index (κ1) is 16.2. The Kier molecular flexibility index (Phi) is 4.61. The molecule has 0 aliphatic carbocycles. The second kappa shape index (κ2) is 6.84. The number of ether oxygens (including phenoxy) is 1. The number of nitrogens with one attached hydrogen (secondary N) is 1. The molecule has 2 aromatic heterocycles. The van der Waals surface area contributed by atoms with Crippen molar-refractivity contribution in [1.82, 2.24) is 15.5 Å².